The lowest BCUT2D eigenvalue weighted by Crippen LogP contribution is -2.15. The number of aryl methyl sites for hydroxylation is 1. The van der Waals surface area contributed by atoms with Crippen LogP contribution in [0.25, 0.3) is 0 Å². The Kier molecular flexibility index (Phi) is 4.87. The van der Waals surface area contributed by atoms with Gasteiger partial charge in [-0.15, -0.1) is 0 Å². The molecule has 0 bridgehead atoms. The third-order valence-corrected chi connectivity index (χ3v) is 3.75. The summed E-state index contributed by atoms with van der Waals surface area (Å²) >= 11 is 7.10. The highest BCUT2D eigenvalue weighted by Gasteiger charge is 2.06. The normalized spacial score (nSPS) is 10.3. The number of nitrogens with one attached hydrogen (secondary N) is 1. The van der Waals surface area contributed by atoms with Crippen LogP contribution in [-0.4, -0.2) is 16.6 Å². The van der Waals surface area contributed by atoms with Crippen molar-refractivity contribution in [1.29, 1.82) is 0 Å². The Morgan fingerprint density at radius 3 is 2.90 bits per heavy atom. The van der Waals surface area contributed by atoms with Crippen molar-refractivity contribution in [2.24, 2.45) is 0 Å². The molecule has 0 aliphatic carbocycles. The van der Waals surface area contributed by atoms with Crippen LogP contribution >= 0.6 is 23.4 Å². The number of aromatic nitrogens is 1. The van der Waals surface area contributed by atoms with Crippen molar-refractivity contribution in [3.05, 3.63) is 47.1 Å². The van der Waals surface area contributed by atoms with Gasteiger partial charge in [-0.25, -0.2) is 4.98 Å². The molecule has 0 aliphatic rings. The Morgan fingerprint density at radius 2 is 2.20 bits per heavy atom. The van der Waals surface area contributed by atoms with Crippen LogP contribution in [0.4, 0.5) is 11.4 Å². The molecule has 20 heavy (non-hydrogen) atoms. The van der Waals surface area contributed by atoms with Crippen molar-refractivity contribution >= 4 is 40.6 Å². The minimum Gasteiger partial charge on any atom is -0.399 e. The Bertz CT molecular complexity index is 616. The van der Waals surface area contributed by atoms with E-state index >= 15 is 0 Å². The maximum absolute atomic E-state index is 11.9. The predicted octanol–water partition coefficient (Wildman–Crippen LogP) is 3.36. The monoisotopic (exact) mass is 307 g/mol. The first-order chi connectivity index (χ1) is 9.54. The number of carbonyl (C=O) groups excluding carboxylic acids is 1. The second-order valence-corrected chi connectivity index (χ2v) is 5.66. The number of amides is 1. The lowest BCUT2D eigenvalue weighted by molar-refractivity contribution is -0.113. The average molecular weight is 308 g/mol. The molecule has 0 atom stereocenters. The van der Waals surface area contributed by atoms with Crippen LogP contribution in [0.3, 0.4) is 0 Å². The van der Waals surface area contributed by atoms with Crippen LogP contribution in [0.2, 0.25) is 5.02 Å². The van der Waals surface area contributed by atoms with Gasteiger partial charge in [0.25, 0.3) is 0 Å². The molecule has 1 aromatic heterocycles. The second-order valence-electron chi connectivity index (χ2n) is 4.23. The molecule has 0 radical (unpaired) electrons. The van der Waals surface area contributed by atoms with Gasteiger partial charge in [-0.1, -0.05) is 29.4 Å². The van der Waals surface area contributed by atoms with Crippen LogP contribution in [0.15, 0.2) is 41.6 Å². The Labute approximate surface area is 126 Å². The third kappa shape index (κ3) is 4.15. The first kappa shape index (κ1) is 14.7. The van der Waals surface area contributed by atoms with Gasteiger partial charge in [0.2, 0.25) is 5.91 Å². The first-order valence-electron chi connectivity index (χ1n) is 5.95. The van der Waals surface area contributed by atoms with Gasteiger partial charge in [-0.05, 0) is 36.8 Å². The number of halogens is 1. The summed E-state index contributed by atoms with van der Waals surface area (Å²) in [6, 6.07) is 8.96. The summed E-state index contributed by atoms with van der Waals surface area (Å²) in [5.41, 5.74) is 8.04. The van der Waals surface area contributed by atoms with Crippen LogP contribution in [0.1, 0.15) is 5.56 Å². The molecule has 0 saturated heterocycles. The molecular formula is C14H14ClN3OS. The van der Waals surface area contributed by atoms with E-state index in [-0.39, 0.29) is 11.7 Å². The maximum Gasteiger partial charge on any atom is 0.234 e. The zero-order chi connectivity index (χ0) is 14.5. The van der Waals surface area contributed by atoms with Crippen molar-refractivity contribution in [3.63, 3.8) is 0 Å². The van der Waals surface area contributed by atoms with E-state index in [9.17, 15) is 4.79 Å². The molecule has 1 heterocycles. The quantitative estimate of drug-likeness (QED) is 0.671. The number of pyridine rings is 1. The van der Waals surface area contributed by atoms with Crippen LogP contribution < -0.4 is 11.1 Å². The van der Waals surface area contributed by atoms with Gasteiger partial charge in [-0.3, -0.25) is 4.79 Å². The molecule has 4 nitrogen and oxygen atoms in total. The Balaban J connectivity index is 1.92. The summed E-state index contributed by atoms with van der Waals surface area (Å²) in [6.07, 6.45) is 1.56. The number of hydrogen-bond acceptors (Lipinski definition) is 4. The van der Waals surface area contributed by atoms with Crippen molar-refractivity contribution in [2.75, 3.05) is 16.8 Å². The number of rotatable bonds is 4. The van der Waals surface area contributed by atoms with E-state index in [4.69, 9.17) is 17.3 Å². The molecule has 0 fully saturated rings. The van der Waals surface area contributed by atoms with Crippen molar-refractivity contribution in [3.8, 4) is 0 Å². The zero-order valence-electron chi connectivity index (χ0n) is 10.9. The second kappa shape index (κ2) is 6.63. The van der Waals surface area contributed by atoms with Gasteiger partial charge in [0, 0.05) is 17.6 Å². The van der Waals surface area contributed by atoms with Crippen molar-refractivity contribution in [2.45, 2.75) is 11.9 Å². The summed E-state index contributed by atoms with van der Waals surface area (Å²) in [7, 11) is 0. The average Bonchev–Trinajstić information content (AvgIpc) is 2.42. The summed E-state index contributed by atoms with van der Waals surface area (Å²) < 4.78 is 0. The van der Waals surface area contributed by atoms with Gasteiger partial charge < -0.3 is 11.1 Å². The minimum absolute atomic E-state index is 0.0968. The van der Waals surface area contributed by atoms with Crippen LogP contribution in [0, 0.1) is 6.92 Å². The topological polar surface area (TPSA) is 68.0 Å². The molecule has 3 N–H and O–H groups in total. The van der Waals surface area contributed by atoms with Gasteiger partial charge in [0.15, 0.2) is 0 Å². The summed E-state index contributed by atoms with van der Waals surface area (Å²) in [5.74, 6) is 0.184. The lowest BCUT2D eigenvalue weighted by Gasteiger charge is -2.09. The molecule has 1 aromatic carbocycles. The van der Waals surface area contributed by atoms with Crippen LogP contribution in [-0.2, 0) is 4.79 Å². The van der Waals surface area contributed by atoms with E-state index in [1.165, 1.54) is 11.8 Å². The Hall–Kier alpha value is -1.72. The number of nitrogens with zero attached hydrogens (tertiary/aromatic N) is 1. The van der Waals surface area contributed by atoms with Gasteiger partial charge >= 0.3 is 0 Å². The number of nitrogens with two attached hydrogens (primary N) is 1. The summed E-state index contributed by atoms with van der Waals surface area (Å²) in [4.78, 5) is 16.0. The fourth-order valence-electron chi connectivity index (χ4n) is 1.55. The summed E-state index contributed by atoms with van der Waals surface area (Å²) in [6.45, 7) is 1.92. The molecule has 6 heteroatoms. The summed E-state index contributed by atoms with van der Waals surface area (Å²) in [5, 5.41) is 4.18. The third-order valence-electron chi connectivity index (χ3n) is 2.59. The van der Waals surface area contributed by atoms with E-state index in [0.29, 0.717) is 10.7 Å². The van der Waals surface area contributed by atoms with Crippen LogP contribution in [0.5, 0.6) is 0 Å². The number of nitrogen functional groups attached to an aromatic ring is 1. The Morgan fingerprint density at radius 1 is 1.40 bits per heavy atom. The van der Waals surface area contributed by atoms with E-state index < -0.39 is 0 Å². The molecular weight excluding hydrogens is 294 g/mol. The van der Waals surface area contributed by atoms with Gasteiger partial charge in [0.1, 0.15) is 0 Å². The molecule has 2 aromatic rings. The number of benzene rings is 1. The first-order valence-corrected chi connectivity index (χ1v) is 7.31. The molecule has 2 rings (SSSR count). The molecule has 1 amide bonds. The molecule has 104 valence electrons. The highest BCUT2D eigenvalue weighted by atomic mass is 35.5. The molecule has 0 unspecified atom stereocenters. The smallest absolute Gasteiger partial charge is 0.234 e. The number of anilines is 2. The largest absolute Gasteiger partial charge is 0.399 e. The van der Waals surface area contributed by atoms with E-state index in [1.54, 1.807) is 30.5 Å². The fraction of sp³-hybridized carbons (Fsp3) is 0.143. The van der Waals surface area contributed by atoms with Crippen molar-refractivity contribution in [1.82, 2.24) is 4.98 Å². The highest BCUT2D eigenvalue weighted by molar-refractivity contribution is 7.99. The molecule has 0 aliphatic heterocycles. The van der Waals surface area contributed by atoms with Gasteiger partial charge in [0.05, 0.1) is 15.8 Å². The minimum atomic E-state index is -0.0968. The number of carbonyl (C=O) groups is 1. The zero-order valence-corrected chi connectivity index (χ0v) is 12.5. The van der Waals surface area contributed by atoms with E-state index in [2.05, 4.69) is 10.3 Å². The van der Waals surface area contributed by atoms with E-state index in [0.717, 1.165) is 16.3 Å². The number of hydrogen-bond donors (Lipinski definition) is 2. The molecule has 0 saturated carbocycles. The van der Waals surface area contributed by atoms with E-state index in [1.807, 2.05) is 13.0 Å². The fourth-order valence-corrected chi connectivity index (χ4v) is 2.30. The number of thioether (sulfide) groups is 1. The standard InChI is InChI=1S/C14H14ClN3OS/c1-9-2-4-11(16)6-12(9)18-13(19)8-20-14-5-3-10(15)7-17-14/h2-7H,8,16H2,1H3,(H,18,19). The highest BCUT2D eigenvalue weighted by Crippen LogP contribution is 2.20. The molecule has 0 spiro atoms. The van der Waals surface area contributed by atoms with Gasteiger partial charge in [-0.2, -0.15) is 0 Å². The lowest BCUT2D eigenvalue weighted by atomic mass is 10.2. The van der Waals surface area contributed by atoms with Crippen molar-refractivity contribution < 1.29 is 4.79 Å². The maximum atomic E-state index is 11.9. The predicted molar refractivity (Wildman–Crippen MR) is 84.2 cm³/mol. The SMILES string of the molecule is Cc1ccc(N)cc1NC(=O)CSc1ccc(Cl)cn1.